The molecule has 3 saturated carbocycles. The van der Waals surface area contributed by atoms with E-state index in [2.05, 4.69) is 16.0 Å². The molecule has 26 nitrogen and oxygen atoms in total. The van der Waals surface area contributed by atoms with Crippen molar-refractivity contribution in [3.05, 3.63) is 0 Å². The number of carbonyl (C=O) groups is 12. The Balaban J connectivity index is 1.32. The summed E-state index contributed by atoms with van der Waals surface area (Å²) in [7, 11) is 8.14. The molecule has 4 saturated heterocycles. The number of nitrogens with zero attached hydrogens (tertiary/aromatic N) is 9. The van der Waals surface area contributed by atoms with Gasteiger partial charge in [0.1, 0.15) is 59.9 Å². The van der Waals surface area contributed by atoms with Gasteiger partial charge in [-0.2, -0.15) is 26.3 Å². The Morgan fingerprint density at radius 3 is 1.81 bits per heavy atom. The quantitative estimate of drug-likeness (QED) is 0.130. The SMILES string of the molecule is CCO[C@@H]1C[C@H]2C(=O)NC3(CCCC3)C(=O)N(C)[C@@H]([C@@H](C)CC)C(=O)N(C)[C@H](C(=O)N3CCOCC3)CC(=O)N(C)[C@@H](CC(C)C)C(=O)N[C@@H]([C@@H](C)CC)C(=O)N(C)[C@@H](C)C(=O)N3CC[C@H]3C(=O)N(C)[C@@H](CC3CCC(C(F)(F)F)CC3)C(=O)N(C)CC(=O)N[C@@H](CCC3CCC(C(F)(F)F)C(Cl)C3)C(=O)N2C1. The van der Waals surface area contributed by atoms with Crippen LogP contribution in [0.1, 0.15) is 184 Å². The number of hydrogen-bond acceptors (Lipinski definition) is 14. The van der Waals surface area contributed by atoms with E-state index in [-0.39, 0.29) is 148 Å². The van der Waals surface area contributed by atoms with Crippen molar-refractivity contribution in [1.29, 1.82) is 0 Å². The Bertz CT molecular complexity index is 3190. The van der Waals surface area contributed by atoms with Crippen molar-refractivity contribution < 1.29 is 93.4 Å². The second-order valence-corrected chi connectivity index (χ2v) is 32.7. The van der Waals surface area contributed by atoms with Crippen LogP contribution in [-0.4, -0.2) is 294 Å². The van der Waals surface area contributed by atoms with Crippen LogP contribution in [0.4, 0.5) is 26.3 Å². The topological polar surface area (TPSA) is 289 Å². The minimum Gasteiger partial charge on any atom is -0.378 e. The molecule has 0 radical (unpaired) electrons. The lowest BCUT2D eigenvalue weighted by atomic mass is 9.78. The van der Waals surface area contributed by atoms with E-state index < -0.39 is 203 Å². The number of rotatable bonds is 14. The summed E-state index contributed by atoms with van der Waals surface area (Å²) in [6.45, 7) is 13.6. The number of amides is 12. The molecular formula is C75H119ClF6N12O14. The summed E-state index contributed by atoms with van der Waals surface area (Å²) in [4.78, 5) is 193. The normalized spacial score (nSPS) is 31.9. The van der Waals surface area contributed by atoms with Gasteiger partial charge in [-0.1, -0.05) is 67.2 Å². The maximum atomic E-state index is 15.7. The number of morpholine rings is 1. The molecule has 15 atom stereocenters. The number of hydrogen-bond donors (Lipinski definition) is 3. The molecule has 7 aliphatic rings. The van der Waals surface area contributed by atoms with Gasteiger partial charge >= 0.3 is 12.4 Å². The van der Waals surface area contributed by atoms with Gasteiger partial charge in [0.25, 0.3) is 0 Å². The van der Waals surface area contributed by atoms with Gasteiger partial charge < -0.3 is 69.5 Å². The third-order valence-corrected chi connectivity index (χ3v) is 25.0. The van der Waals surface area contributed by atoms with E-state index in [0.717, 1.165) is 19.6 Å². The van der Waals surface area contributed by atoms with E-state index in [0.29, 0.717) is 25.7 Å². The fraction of sp³-hybridized carbons (Fsp3) is 0.840. The number of nitrogens with one attached hydrogen (secondary N) is 3. The lowest BCUT2D eigenvalue weighted by Gasteiger charge is -2.45. The third-order valence-electron chi connectivity index (χ3n) is 24.5. The Labute approximate surface area is 637 Å². The zero-order valence-electron chi connectivity index (χ0n) is 65.6. The highest BCUT2D eigenvalue weighted by atomic mass is 35.5. The predicted octanol–water partition coefficient (Wildman–Crippen LogP) is 6.13. The minimum absolute atomic E-state index is 0.0351. The summed E-state index contributed by atoms with van der Waals surface area (Å²) < 4.78 is 96.2. The molecule has 7 rings (SSSR count). The summed E-state index contributed by atoms with van der Waals surface area (Å²) in [6.07, 6.45) is -9.68. The molecule has 1 spiro atoms. The van der Waals surface area contributed by atoms with E-state index in [1.807, 2.05) is 20.8 Å². The van der Waals surface area contributed by atoms with Crippen molar-refractivity contribution in [2.75, 3.05) is 94.8 Å². The molecule has 4 aliphatic heterocycles. The molecule has 4 heterocycles. The zero-order chi connectivity index (χ0) is 80.4. The maximum absolute atomic E-state index is 15.7. The lowest BCUT2D eigenvalue weighted by Crippen LogP contribution is -2.65. The molecule has 0 aromatic rings. The fourth-order valence-corrected chi connectivity index (χ4v) is 17.4. The molecule has 0 bridgehead atoms. The lowest BCUT2D eigenvalue weighted by molar-refractivity contribution is -0.184. The summed E-state index contributed by atoms with van der Waals surface area (Å²) in [5, 5.41) is 7.37. The summed E-state index contributed by atoms with van der Waals surface area (Å²) >= 11 is 6.42. The average molecular weight is 1560 g/mol. The molecule has 0 aromatic carbocycles. The molecule has 33 heteroatoms. The van der Waals surface area contributed by atoms with Gasteiger partial charge in [0.2, 0.25) is 70.9 Å². The summed E-state index contributed by atoms with van der Waals surface area (Å²) in [5.41, 5.74) is -1.68. The van der Waals surface area contributed by atoms with Crippen molar-refractivity contribution in [3.63, 3.8) is 0 Å². The molecule has 12 amide bonds. The first-order valence-electron chi connectivity index (χ1n) is 39.0. The van der Waals surface area contributed by atoms with Gasteiger partial charge in [0.05, 0.1) is 44.1 Å². The molecule has 3 aliphatic carbocycles. The van der Waals surface area contributed by atoms with Gasteiger partial charge in [0, 0.05) is 86.9 Å². The van der Waals surface area contributed by atoms with Crippen molar-refractivity contribution in [3.8, 4) is 0 Å². The molecule has 612 valence electrons. The first-order chi connectivity index (χ1) is 50.6. The van der Waals surface area contributed by atoms with E-state index in [9.17, 15) is 50.3 Å². The number of alkyl halides is 7. The highest BCUT2D eigenvalue weighted by Gasteiger charge is 2.54. The van der Waals surface area contributed by atoms with Crippen LogP contribution in [0.25, 0.3) is 0 Å². The van der Waals surface area contributed by atoms with E-state index in [4.69, 9.17) is 21.1 Å². The van der Waals surface area contributed by atoms with Crippen LogP contribution in [0.15, 0.2) is 0 Å². The van der Waals surface area contributed by atoms with Crippen molar-refractivity contribution >= 4 is 82.5 Å². The fourth-order valence-electron chi connectivity index (χ4n) is 16.9. The van der Waals surface area contributed by atoms with Crippen LogP contribution in [0.3, 0.4) is 0 Å². The Hall–Kier alpha value is -6.57. The monoisotopic (exact) mass is 1560 g/mol. The predicted molar refractivity (Wildman–Crippen MR) is 387 cm³/mol. The first-order valence-corrected chi connectivity index (χ1v) is 39.4. The molecule has 3 N–H and O–H groups in total. The molecule has 7 fully saturated rings. The van der Waals surface area contributed by atoms with Gasteiger partial charge in [-0.25, -0.2) is 0 Å². The number of ether oxygens (including phenoxy) is 2. The Kier molecular flexibility index (Phi) is 31.3. The molecule has 108 heavy (non-hydrogen) atoms. The van der Waals surface area contributed by atoms with Crippen LogP contribution < -0.4 is 16.0 Å². The van der Waals surface area contributed by atoms with E-state index in [1.54, 1.807) is 27.7 Å². The van der Waals surface area contributed by atoms with Crippen LogP contribution in [0.5, 0.6) is 0 Å². The maximum Gasteiger partial charge on any atom is 0.393 e. The van der Waals surface area contributed by atoms with E-state index in [1.165, 1.54) is 73.7 Å². The van der Waals surface area contributed by atoms with Crippen LogP contribution >= 0.6 is 11.6 Å². The Morgan fingerprint density at radius 1 is 0.630 bits per heavy atom. The second kappa shape index (κ2) is 38.1. The molecule has 0 aromatic heterocycles. The summed E-state index contributed by atoms with van der Waals surface area (Å²) in [6, 6.07) is -12.2. The minimum atomic E-state index is -4.57. The van der Waals surface area contributed by atoms with Gasteiger partial charge in [0.15, 0.2) is 0 Å². The number of likely N-dealkylation sites (N-methyl/N-ethyl adjacent to an activating group) is 6. The smallest absolute Gasteiger partial charge is 0.378 e. The van der Waals surface area contributed by atoms with E-state index >= 15 is 33.6 Å². The number of fused-ring (bicyclic) bond motifs is 2. The van der Waals surface area contributed by atoms with Crippen LogP contribution in [-0.2, 0) is 67.0 Å². The molecular weight excluding hydrogens is 1440 g/mol. The standard InChI is InChI=1S/C75H119ClF6N12O14/c1-15-44(6)61-70(104)87(10)46(8)65(99)93-31-28-54(93)68(102)89(12)57(38-48-20-24-49(25-21-48)74(77,78)79)67(101)86(9)42-59(95)83-53(27-23-47-22-26-51(52(76)37-47)75(80,81)82)66(100)94-41-50(108-17-3)39-56(94)64(98)85-73(29-18-19-30-73)72(106)91(14)62(45(7)16-2)71(105)90(13)58(69(103)92-32-34-107-35-33-92)40-60(96)88(11)55(36-43(4)5)63(97)84-61/h43-58,61-62H,15-42H2,1-14H3,(H,83,95)(H,84,97)(H,85,98)/t44-,45-,46-,47?,48?,49?,50+,51?,52?,53-,54-,55-,56-,57-,58-,61-,62-/m0/s1. The van der Waals surface area contributed by atoms with Gasteiger partial charge in [-0.3, -0.25) is 57.5 Å². The van der Waals surface area contributed by atoms with Crippen molar-refractivity contribution in [2.45, 2.75) is 268 Å². The van der Waals surface area contributed by atoms with Crippen molar-refractivity contribution in [2.24, 2.45) is 41.4 Å². The summed E-state index contributed by atoms with van der Waals surface area (Å²) in [5.74, 6) is -14.7. The Morgan fingerprint density at radius 2 is 1.25 bits per heavy atom. The number of halogens is 7. The van der Waals surface area contributed by atoms with Gasteiger partial charge in [-0.05, 0) is 133 Å². The third kappa shape index (κ3) is 21.1. The first kappa shape index (κ1) is 88.6. The van der Waals surface area contributed by atoms with Crippen LogP contribution in [0, 0.1) is 41.4 Å². The second-order valence-electron chi connectivity index (χ2n) is 32.1. The van der Waals surface area contributed by atoms with Gasteiger partial charge in [-0.15, -0.1) is 11.6 Å². The largest absolute Gasteiger partial charge is 0.393 e. The zero-order valence-corrected chi connectivity index (χ0v) is 66.3. The highest BCUT2D eigenvalue weighted by Crippen LogP contribution is 2.45. The van der Waals surface area contributed by atoms with Crippen LogP contribution in [0.2, 0.25) is 0 Å². The molecule has 3 unspecified atom stereocenters. The highest BCUT2D eigenvalue weighted by molar-refractivity contribution is 6.21. The average Bonchev–Trinajstić information content (AvgIpc) is 1.36. The number of carbonyl (C=O) groups excluding carboxylic acids is 12. The van der Waals surface area contributed by atoms with Crippen molar-refractivity contribution in [1.82, 2.24) is 60.0 Å².